The van der Waals surface area contributed by atoms with Crippen LogP contribution < -0.4 is 0 Å². The van der Waals surface area contributed by atoms with Crippen LogP contribution in [-0.2, 0) is 0 Å². The van der Waals surface area contributed by atoms with Gasteiger partial charge in [-0.25, -0.2) is 0 Å². The van der Waals surface area contributed by atoms with Crippen LogP contribution in [0.2, 0.25) is 0 Å². The highest BCUT2D eigenvalue weighted by Crippen LogP contribution is 2.24. The fourth-order valence-corrected chi connectivity index (χ4v) is 4.03. The maximum atomic E-state index is 2.83. The zero-order valence-corrected chi connectivity index (χ0v) is 19.4. The first kappa shape index (κ1) is 26.0. The second-order valence-corrected chi connectivity index (χ2v) is 9.15. The van der Waals surface area contributed by atoms with E-state index in [-0.39, 0.29) is 0 Å². The molecule has 0 aromatic rings. The summed E-state index contributed by atoms with van der Waals surface area (Å²) >= 11 is 0. The molecule has 0 aromatic carbocycles. The zero-order chi connectivity index (χ0) is 19.5. The van der Waals surface area contributed by atoms with Crippen LogP contribution in [-0.4, -0.2) is 23.5 Å². The molecule has 0 spiro atoms. The summed E-state index contributed by atoms with van der Waals surface area (Å²) in [5.41, 5.74) is 0.390. The zero-order valence-electron chi connectivity index (χ0n) is 19.4. The largest absolute Gasteiger partial charge is 0.298 e. The molecule has 0 saturated heterocycles. The van der Waals surface area contributed by atoms with Gasteiger partial charge >= 0.3 is 0 Å². The molecule has 0 aliphatic carbocycles. The lowest BCUT2D eigenvalue weighted by Gasteiger charge is -2.39. The fourth-order valence-electron chi connectivity index (χ4n) is 4.03. The van der Waals surface area contributed by atoms with E-state index in [1.165, 1.54) is 122 Å². The van der Waals surface area contributed by atoms with E-state index < -0.39 is 0 Å². The van der Waals surface area contributed by atoms with E-state index >= 15 is 0 Å². The van der Waals surface area contributed by atoms with Crippen molar-refractivity contribution in [2.45, 2.75) is 149 Å². The lowest BCUT2D eigenvalue weighted by Crippen LogP contribution is -2.45. The van der Waals surface area contributed by atoms with Gasteiger partial charge in [-0.3, -0.25) is 4.90 Å². The van der Waals surface area contributed by atoms with E-state index in [0.717, 1.165) is 0 Å². The van der Waals surface area contributed by atoms with Crippen LogP contribution >= 0.6 is 0 Å². The predicted octanol–water partition coefficient (Wildman–Crippen LogP) is 8.76. The van der Waals surface area contributed by atoms with Gasteiger partial charge in [0, 0.05) is 5.54 Å². The van der Waals surface area contributed by atoms with Gasteiger partial charge in [0.15, 0.2) is 0 Å². The third-order valence-electron chi connectivity index (χ3n) is 6.06. The maximum Gasteiger partial charge on any atom is 0.0153 e. The van der Waals surface area contributed by atoms with E-state index in [0.29, 0.717) is 5.54 Å². The minimum atomic E-state index is 0.390. The Morgan fingerprint density at radius 3 is 1.23 bits per heavy atom. The molecule has 0 N–H and O–H groups in total. The average molecular weight is 368 g/mol. The highest BCUT2D eigenvalue weighted by atomic mass is 15.2. The van der Waals surface area contributed by atoms with Crippen LogP contribution in [0.4, 0.5) is 0 Å². The Labute approximate surface area is 167 Å². The second-order valence-electron chi connectivity index (χ2n) is 9.15. The third kappa shape index (κ3) is 15.1. The highest BCUT2D eigenvalue weighted by Gasteiger charge is 2.25. The van der Waals surface area contributed by atoms with Gasteiger partial charge in [0.05, 0.1) is 0 Å². The second kappa shape index (κ2) is 18.3. The van der Waals surface area contributed by atoms with Gasteiger partial charge in [-0.05, 0) is 46.2 Å². The SMILES string of the molecule is CCCCCCCCCCC(C)(C)N(CCCCCC)CCCCCC. The summed E-state index contributed by atoms with van der Waals surface area (Å²) in [6.07, 6.45) is 23.9. The first-order valence-electron chi connectivity index (χ1n) is 12.3. The molecule has 158 valence electrons. The van der Waals surface area contributed by atoms with E-state index in [1.807, 2.05) is 0 Å². The number of nitrogens with zero attached hydrogens (tertiary/aromatic N) is 1. The monoisotopic (exact) mass is 367 g/mol. The van der Waals surface area contributed by atoms with Crippen LogP contribution in [0.1, 0.15) is 144 Å². The number of rotatable bonds is 20. The molecule has 0 aliphatic heterocycles. The number of unbranched alkanes of at least 4 members (excludes halogenated alkanes) is 13. The lowest BCUT2D eigenvalue weighted by molar-refractivity contribution is 0.103. The molecule has 0 aromatic heterocycles. The van der Waals surface area contributed by atoms with Crippen molar-refractivity contribution in [3.05, 3.63) is 0 Å². The molecule has 0 fully saturated rings. The Morgan fingerprint density at radius 2 is 0.808 bits per heavy atom. The van der Waals surface area contributed by atoms with Gasteiger partial charge in [0.2, 0.25) is 0 Å². The summed E-state index contributed by atoms with van der Waals surface area (Å²) in [4.78, 5) is 2.83. The Morgan fingerprint density at radius 1 is 0.462 bits per heavy atom. The van der Waals surface area contributed by atoms with Crippen molar-refractivity contribution in [1.82, 2.24) is 4.90 Å². The highest BCUT2D eigenvalue weighted by molar-refractivity contribution is 4.81. The Hall–Kier alpha value is -0.0400. The topological polar surface area (TPSA) is 3.24 Å². The third-order valence-corrected chi connectivity index (χ3v) is 6.06. The molecule has 0 saturated carbocycles. The van der Waals surface area contributed by atoms with Crippen LogP contribution in [0.15, 0.2) is 0 Å². The van der Waals surface area contributed by atoms with Crippen molar-refractivity contribution < 1.29 is 0 Å². The van der Waals surface area contributed by atoms with Gasteiger partial charge < -0.3 is 0 Å². The van der Waals surface area contributed by atoms with Crippen LogP contribution in [0.5, 0.6) is 0 Å². The number of hydrogen-bond acceptors (Lipinski definition) is 1. The van der Waals surface area contributed by atoms with E-state index in [1.54, 1.807) is 0 Å². The van der Waals surface area contributed by atoms with Crippen molar-refractivity contribution in [3.63, 3.8) is 0 Å². The molecular weight excluding hydrogens is 314 g/mol. The van der Waals surface area contributed by atoms with Crippen LogP contribution in [0.25, 0.3) is 0 Å². The molecule has 0 unspecified atom stereocenters. The van der Waals surface area contributed by atoms with Gasteiger partial charge in [0.1, 0.15) is 0 Å². The van der Waals surface area contributed by atoms with E-state index in [9.17, 15) is 0 Å². The molecule has 0 heterocycles. The summed E-state index contributed by atoms with van der Waals surface area (Å²) in [5.74, 6) is 0. The first-order chi connectivity index (χ1) is 12.6. The summed E-state index contributed by atoms with van der Waals surface area (Å²) < 4.78 is 0. The quantitative estimate of drug-likeness (QED) is 0.194. The van der Waals surface area contributed by atoms with Crippen molar-refractivity contribution >= 4 is 0 Å². The normalized spacial score (nSPS) is 12.2. The average Bonchev–Trinajstić information content (AvgIpc) is 2.62. The van der Waals surface area contributed by atoms with Gasteiger partial charge in [-0.15, -0.1) is 0 Å². The molecule has 0 amide bonds. The van der Waals surface area contributed by atoms with Gasteiger partial charge in [-0.1, -0.05) is 111 Å². The first-order valence-corrected chi connectivity index (χ1v) is 12.3. The molecule has 1 heteroatoms. The molecule has 0 bridgehead atoms. The summed E-state index contributed by atoms with van der Waals surface area (Å²) in [7, 11) is 0. The summed E-state index contributed by atoms with van der Waals surface area (Å²) in [5, 5.41) is 0. The molecule has 0 atom stereocenters. The standard InChI is InChI=1S/C25H53N/c1-6-9-12-15-16-17-18-19-22-25(4,5)26(23-20-13-10-7-2)24-21-14-11-8-3/h6-24H2,1-5H3. The smallest absolute Gasteiger partial charge is 0.0153 e. The minimum Gasteiger partial charge on any atom is -0.298 e. The van der Waals surface area contributed by atoms with Crippen LogP contribution in [0, 0.1) is 0 Å². The van der Waals surface area contributed by atoms with Crippen LogP contribution in [0.3, 0.4) is 0 Å². The maximum absolute atomic E-state index is 2.83. The Bertz CT molecular complexity index is 259. The number of hydrogen-bond donors (Lipinski definition) is 0. The Balaban J connectivity index is 4.11. The lowest BCUT2D eigenvalue weighted by atomic mass is 9.93. The van der Waals surface area contributed by atoms with Crippen molar-refractivity contribution in [3.8, 4) is 0 Å². The van der Waals surface area contributed by atoms with E-state index in [2.05, 4.69) is 39.5 Å². The molecular formula is C25H53N. The minimum absolute atomic E-state index is 0.390. The molecule has 1 nitrogen and oxygen atoms in total. The summed E-state index contributed by atoms with van der Waals surface area (Å²) in [6.45, 7) is 14.6. The van der Waals surface area contributed by atoms with Crippen molar-refractivity contribution in [2.75, 3.05) is 13.1 Å². The molecule has 0 radical (unpaired) electrons. The molecule has 0 aliphatic rings. The fraction of sp³-hybridized carbons (Fsp3) is 1.00. The molecule has 26 heavy (non-hydrogen) atoms. The van der Waals surface area contributed by atoms with Gasteiger partial charge in [0.25, 0.3) is 0 Å². The van der Waals surface area contributed by atoms with E-state index in [4.69, 9.17) is 0 Å². The molecule has 0 rings (SSSR count). The Kier molecular flexibility index (Phi) is 18.3. The predicted molar refractivity (Wildman–Crippen MR) is 121 cm³/mol. The van der Waals surface area contributed by atoms with Gasteiger partial charge in [-0.2, -0.15) is 0 Å². The van der Waals surface area contributed by atoms with Crippen molar-refractivity contribution in [2.24, 2.45) is 0 Å². The summed E-state index contributed by atoms with van der Waals surface area (Å²) in [6, 6.07) is 0. The van der Waals surface area contributed by atoms with Crippen molar-refractivity contribution in [1.29, 1.82) is 0 Å².